The molecule has 0 N–H and O–H groups in total. The van der Waals surface area contributed by atoms with Crippen LogP contribution in [-0.2, 0) is 0 Å². The highest BCUT2D eigenvalue weighted by Crippen LogP contribution is 2.34. The van der Waals surface area contributed by atoms with Crippen LogP contribution in [0.1, 0.15) is 24.2 Å². The van der Waals surface area contributed by atoms with Crippen LogP contribution in [0.4, 0.5) is 5.13 Å². The molecule has 0 bridgehead atoms. The highest BCUT2D eigenvalue weighted by molar-refractivity contribution is 7.22. The van der Waals surface area contributed by atoms with Crippen molar-refractivity contribution in [3.05, 3.63) is 53.1 Å². The summed E-state index contributed by atoms with van der Waals surface area (Å²) in [6, 6.07) is 12.8. The third-order valence-electron chi connectivity index (χ3n) is 4.67. The van der Waals surface area contributed by atoms with Gasteiger partial charge in [-0.15, -0.1) is 0 Å². The number of benzene rings is 2. The Morgan fingerprint density at radius 1 is 1.14 bits per heavy atom. The van der Waals surface area contributed by atoms with E-state index in [0.29, 0.717) is 28.0 Å². The summed E-state index contributed by atoms with van der Waals surface area (Å²) in [6.07, 6.45) is 0. The minimum Gasteiger partial charge on any atom is -0.494 e. The van der Waals surface area contributed by atoms with Crippen LogP contribution >= 0.6 is 22.9 Å². The molecule has 1 aromatic heterocycles. The standard InChI is InChI=1S/C21H24ClN3O2S/c1-4-24(5-2)12-13-25(20(26)15-8-6-9-16(22)14-15)21-23-19-17(27-3)10-7-11-18(19)28-21/h6-11,14H,4-5,12-13H2,1-3H3. The topological polar surface area (TPSA) is 45.7 Å². The number of hydrogen-bond donors (Lipinski definition) is 0. The first kappa shape index (κ1) is 20.6. The lowest BCUT2D eigenvalue weighted by atomic mass is 10.2. The number of halogens is 1. The molecule has 5 nitrogen and oxygen atoms in total. The third kappa shape index (κ3) is 4.46. The number of nitrogens with zero attached hydrogens (tertiary/aromatic N) is 3. The molecule has 3 aromatic rings. The number of carbonyl (C=O) groups excluding carboxylic acids is 1. The number of amides is 1. The van der Waals surface area contributed by atoms with Gasteiger partial charge in [-0.05, 0) is 43.4 Å². The van der Waals surface area contributed by atoms with E-state index in [4.69, 9.17) is 21.3 Å². The molecule has 0 atom stereocenters. The lowest BCUT2D eigenvalue weighted by Gasteiger charge is -2.24. The normalized spacial score (nSPS) is 11.2. The average molecular weight is 418 g/mol. The number of hydrogen-bond acceptors (Lipinski definition) is 5. The number of para-hydroxylation sites is 1. The summed E-state index contributed by atoms with van der Waals surface area (Å²) >= 11 is 7.60. The van der Waals surface area contributed by atoms with Gasteiger partial charge in [0.25, 0.3) is 5.91 Å². The Bertz CT molecular complexity index is 956. The summed E-state index contributed by atoms with van der Waals surface area (Å²) in [6.45, 7) is 7.43. The van der Waals surface area contributed by atoms with E-state index in [2.05, 4.69) is 18.7 Å². The van der Waals surface area contributed by atoms with Crippen LogP contribution in [0.3, 0.4) is 0 Å². The second-order valence-corrected chi connectivity index (χ2v) is 7.74. The average Bonchev–Trinajstić information content (AvgIpc) is 3.14. The number of methoxy groups -OCH3 is 1. The van der Waals surface area contributed by atoms with Gasteiger partial charge in [0.1, 0.15) is 11.3 Å². The van der Waals surface area contributed by atoms with Gasteiger partial charge in [0.2, 0.25) is 0 Å². The van der Waals surface area contributed by atoms with Crippen LogP contribution in [-0.4, -0.2) is 49.1 Å². The fourth-order valence-electron chi connectivity index (χ4n) is 3.03. The highest BCUT2D eigenvalue weighted by Gasteiger charge is 2.23. The van der Waals surface area contributed by atoms with Crippen molar-refractivity contribution >= 4 is 44.2 Å². The second-order valence-electron chi connectivity index (χ2n) is 6.30. The Morgan fingerprint density at radius 2 is 1.89 bits per heavy atom. The summed E-state index contributed by atoms with van der Waals surface area (Å²) in [5.41, 5.74) is 1.33. The number of ether oxygens (including phenoxy) is 1. The number of carbonyl (C=O) groups is 1. The zero-order valence-corrected chi connectivity index (χ0v) is 17.9. The zero-order chi connectivity index (χ0) is 20.1. The smallest absolute Gasteiger partial charge is 0.260 e. The summed E-state index contributed by atoms with van der Waals surface area (Å²) in [5.74, 6) is 0.603. The van der Waals surface area contributed by atoms with E-state index in [9.17, 15) is 4.79 Å². The van der Waals surface area contributed by atoms with E-state index >= 15 is 0 Å². The van der Waals surface area contributed by atoms with E-state index in [1.807, 2.05) is 18.2 Å². The minimum atomic E-state index is -0.104. The molecule has 148 valence electrons. The molecule has 1 amide bonds. The van der Waals surface area contributed by atoms with Crippen molar-refractivity contribution in [2.45, 2.75) is 13.8 Å². The predicted octanol–water partition coefficient (Wildman–Crippen LogP) is 4.95. The van der Waals surface area contributed by atoms with Gasteiger partial charge in [0.15, 0.2) is 5.13 Å². The fourth-order valence-corrected chi connectivity index (χ4v) is 4.23. The van der Waals surface area contributed by atoms with Crippen LogP contribution in [0.25, 0.3) is 10.2 Å². The molecule has 1 heterocycles. The molecular formula is C21H24ClN3O2S. The fraction of sp³-hybridized carbons (Fsp3) is 0.333. The molecule has 0 spiro atoms. The van der Waals surface area contributed by atoms with E-state index < -0.39 is 0 Å². The van der Waals surface area contributed by atoms with Crippen molar-refractivity contribution in [2.24, 2.45) is 0 Å². The summed E-state index contributed by atoms with van der Waals surface area (Å²) < 4.78 is 6.42. The Labute approximate surface area is 174 Å². The van der Waals surface area contributed by atoms with Gasteiger partial charge in [-0.2, -0.15) is 0 Å². The van der Waals surface area contributed by atoms with Crippen molar-refractivity contribution < 1.29 is 9.53 Å². The zero-order valence-electron chi connectivity index (χ0n) is 16.3. The van der Waals surface area contributed by atoms with Gasteiger partial charge in [0.05, 0.1) is 11.8 Å². The van der Waals surface area contributed by atoms with Crippen LogP contribution < -0.4 is 9.64 Å². The van der Waals surface area contributed by atoms with Crippen LogP contribution in [0, 0.1) is 0 Å². The first-order valence-electron chi connectivity index (χ1n) is 9.30. The van der Waals surface area contributed by atoms with Crippen LogP contribution in [0.2, 0.25) is 5.02 Å². The maximum Gasteiger partial charge on any atom is 0.260 e. The molecule has 0 saturated carbocycles. The van der Waals surface area contributed by atoms with Gasteiger partial charge in [-0.3, -0.25) is 9.69 Å². The molecular weight excluding hydrogens is 394 g/mol. The summed E-state index contributed by atoms with van der Waals surface area (Å²) in [5, 5.41) is 1.21. The highest BCUT2D eigenvalue weighted by atomic mass is 35.5. The predicted molar refractivity (Wildman–Crippen MR) is 117 cm³/mol. The lowest BCUT2D eigenvalue weighted by Crippen LogP contribution is -2.38. The number of anilines is 1. The van der Waals surface area contributed by atoms with Gasteiger partial charge < -0.3 is 9.64 Å². The number of fused-ring (bicyclic) bond motifs is 1. The Hall–Kier alpha value is -2.15. The molecule has 0 radical (unpaired) electrons. The Kier molecular flexibility index (Phi) is 6.88. The monoisotopic (exact) mass is 417 g/mol. The molecule has 0 aliphatic carbocycles. The molecule has 28 heavy (non-hydrogen) atoms. The van der Waals surface area contributed by atoms with Crippen LogP contribution in [0.5, 0.6) is 5.75 Å². The van der Waals surface area contributed by atoms with E-state index in [0.717, 1.165) is 29.9 Å². The van der Waals surface area contributed by atoms with Gasteiger partial charge >= 0.3 is 0 Å². The van der Waals surface area contributed by atoms with E-state index in [1.54, 1.807) is 36.3 Å². The third-order valence-corrected chi connectivity index (χ3v) is 5.95. The van der Waals surface area contributed by atoms with Gasteiger partial charge in [0, 0.05) is 23.7 Å². The van der Waals surface area contributed by atoms with Crippen molar-refractivity contribution in [1.82, 2.24) is 9.88 Å². The summed E-state index contributed by atoms with van der Waals surface area (Å²) in [4.78, 5) is 22.1. The quantitative estimate of drug-likeness (QED) is 0.520. The summed E-state index contributed by atoms with van der Waals surface area (Å²) in [7, 11) is 1.63. The molecule has 0 aliphatic heterocycles. The molecule has 3 rings (SSSR count). The number of aromatic nitrogens is 1. The minimum absolute atomic E-state index is 0.104. The van der Waals surface area contributed by atoms with Crippen molar-refractivity contribution in [2.75, 3.05) is 38.2 Å². The van der Waals surface area contributed by atoms with E-state index in [-0.39, 0.29) is 5.91 Å². The van der Waals surface area contributed by atoms with Gasteiger partial charge in [-0.1, -0.05) is 48.9 Å². The van der Waals surface area contributed by atoms with Crippen molar-refractivity contribution in [3.8, 4) is 5.75 Å². The van der Waals surface area contributed by atoms with Crippen LogP contribution in [0.15, 0.2) is 42.5 Å². The van der Waals surface area contributed by atoms with Crippen molar-refractivity contribution in [1.29, 1.82) is 0 Å². The number of likely N-dealkylation sites (N-methyl/N-ethyl adjacent to an activating group) is 1. The molecule has 2 aromatic carbocycles. The SMILES string of the molecule is CCN(CC)CCN(C(=O)c1cccc(Cl)c1)c1nc2c(OC)cccc2s1. The largest absolute Gasteiger partial charge is 0.494 e. The molecule has 0 saturated heterocycles. The number of rotatable bonds is 8. The first-order valence-corrected chi connectivity index (χ1v) is 10.5. The maximum absolute atomic E-state index is 13.3. The van der Waals surface area contributed by atoms with Crippen molar-refractivity contribution in [3.63, 3.8) is 0 Å². The second kappa shape index (κ2) is 9.37. The Morgan fingerprint density at radius 3 is 2.57 bits per heavy atom. The van der Waals surface area contributed by atoms with E-state index in [1.165, 1.54) is 11.3 Å². The number of thiazole rings is 1. The molecule has 7 heteroatoms. The Balaban J connectivity index is 1.99. The lowest BCUT2D eigenvalue weighted by molar-refractivity contribution is 0.0984. The molecule has 0 fully saturated rings. The molecule has 0 unspecified atom stereocenters. The maximum atomic E-state index is 13.3. The molecule has 0 aliphatic rings. The van der Waals surface area contributed by atoms with Gasteiger partial charge in [-0.25, -0.2) is 4.98 Å². The first-order chi connectivity index (χ1) is 13.6.